The van der Waals surface area contributed by atoms with Crippen molar-refractivity contribution >= 4 is 17.6 Å². The van der Waals surface area contributed by atoms with E-state index in [1.807, 2.05) is 18.2 Å². The average molecular weight is 344 g/mol. The Morgan fingerprint density at radius 3 is 2.36 bits per heavy atom. The summed E-state index contributed by atoms with van der Waals surface area (Å²) in [5.41, 5.74) is -0.00137. The van der Waals surface area contributed by atoms with Gasteiger partial charge in [-0.2, -0.15) is 0 Å². The van der Waals surface area contributed by atoms with Crippen LogP contribution in [0.4, 0.5) is 5.69 Å². The predicted octanol–water partition coefficient (Wildman–Crippen LogP) is 1.95. The van der Waals surface area contributed by atoms with Crippen molar-refractivity contribution in [1.82, 2.24) is 5.32 Å². The van der Waals surface area contributed by atoms with Crippen LogP contribution in [0.25, 0.3) is 0 Å². The van der Waals surface area contributed by atoms with Crippen molar-refractivity contribution in [2.24, 2.45) is 0 Å². The first-order chi connectivity index (χ1) is 12.1. The fourth-order valence-corrected chi connectivity index (χ4v) is 1.86. The number of nitrogens with zero attached hydrogens (tertiary/aromatic N) is 1. The Hall–Kier alpha value is -3.42. The van der Waals surface area contributed by atoms with E-state index in [-0.39, 0.29) is 24.4 Å². The highest BCUT2D eigenvalue weighted by atomic mass is 16.6. The molecule has 2 aromatic rings. The molecular weight excluding hydrogens is 328 g/mol. The monoisotopic (exact) mass is 344 g/mol. The number of esters is 1. The van der Waals surface area contributed by atoms with Crippen molar-refractivity contribution in [3.05, 3.63) is 70.3 Å². The van der Waals surface area contributed by atoms with Crippen LogP contribution in [0.2, 0.25) is 0 Å². The third-order valence-electron chi connectivity index (χ3n) is 3.08. The van der Waals surface area contributed by atoms with E-state index < -0.39 is 23.4 Å². The molecule has 0 aliphatic heterocycles. The van der Waals surface area contributed by atoms with Crippen molar-refractivity contribution in [3.63, 3.8) is 0 Å². The average Bonchev–Trinajstić information content (AvgIpc) is 2.64. The quantitative estimate of drug-likeness (QED) is 0.339. The Labute approximate surface area is 143 Å². The molecule has 0 bridgehead atoms. The molecule has 0 fully saturated rings. The molecule has 0 heterocycles. The highest BCUT2D eigenvalue weighted by molar-refractivity contribution is 5.91. The topological polar surface area (TPSA) is 108 Å². The lowest BCUT2D eigenvalue weighted by Crippen LogP contribution is -2.32. The number of benzene rings is 2. The van der Waals surface area contributed by atoms with Crippen molar-refractivity contribution in [2.45, 2.75) is 0 Å². The lowest BCUT2D eigenvalue weighted by molar-refractivity contribution is -0.384. The van der Waals surface area contributed by atoms with E-state index in [2.05, 4.69) is 5.32 Å². The molecule has 130 valence electrons. The Morgan fingerprint density at radius 1 is 1.04 bits per heavy atom. The maximum atomic E-state index is 11.7. The van der Waals surface area contributed by atoms with Gasteiger partial charge in [0.25, 0.3) is 11.6 Å². The second kappa shape index (κ2) is 9.02. The Balaban J connectivity index is 1.67. The maximum Gasteiger partial charge on any atom is 0.338 e. The van der Waals surface area contributed by atoms with Crippen LogP contribution in [0.1, 0.15) is 10.4 Å². The summed E-state index contributed by atoms with van der Waals surface area (Å²) in [6.07, 6.45) is 0. The minimum atomic E-state index is -0.731. The molecule has 0 saturated heterocycles. The van der Waals surface area contributed by atoms with Gasteiger partial charge in [-0.25, -0.2) is 4.79 Å². The zero-order chi connectivity index (χ0) is 18.1. The number of nitrogens with one attached hydrogen (secondary N) is 1. The summed E-state index contributed by atoms with van der Waals surface area (Å²) in [5.74, 6) is -0.501. The number of rotatable bonds is 8. The van der Waals surface area contributed by atoms with Gasteiger partial charge in [0.05, 0.1) is 17.0 Å². The van der Waals surface area contributed by atoms with Crippen molar-refractivity contribution in [3.8, 4) is 5.75 Å². The summed E-state index contributed by atoms with van der Waals surface area (Å²) in [4.78, 5) is 33.3. The number of carbonyl (C=O) groups excluding carboxylic acids is 2. The van der Waals surface area contributed by atoms with Crippen molar-refractivity contribution < 1.29 is 24.0 Å². The summed E-state index contributed by atoms with van der Waals surface area (Å²) < 4.78 is 10.2. The molecule has 8 nitrogen and oxygen atoms in total. The number of non-ortho nitro benzene ring substituents is 1. The lowest BCUT2D eigenvalue weighted by atomic mass is 10.2. The molecule has 0 radical (unpaired) electrons. The van der Waals surface area contributed by atoms with E-state index >= 15 is 0 Å². The normalized spacial score (nSPS) is 9.92. The Bertz CT molecular complexity index is 731. The molecule has 1 N–H and O–H groups in total. The van der Waals surface area contributed by atoms with E-state index in [9.17, 15) is 19.7 Å². The molecular formula is C17H16N2O6. The van der Waals surface area contributed by atoms with Gasteiger partial charge in [0.1, 0.15) is 12.4 Å². The van der Waals surface area contributed by atoms with Gasteiger partial charge in [-0.15, -0.1) is 0 Å². The van der Waals surface area contributed by atoms with Crippen LogP contribution in [0.3, 0.4) is 0 Å². The minimum absolute atomic E-state index is 0.130. The van der Waals surface area contributed by atoms with Gasteiger partial charge in [0.2, 0.25) is 0 Å². The van der Waals surface area contributed by atoms with E-state index in [4.69, 9.17) is 9.47 Å². The first-order valence-corrected chi connectivity index (χ1v) is 7.42. The van der Waals surface area contributed by atoms with Gasteiger partial charge in [0, 0.05) is 12.1 Å². The predicted molar refractivity (Wildman–Crippen MR) is 88.3 cm³/mol. The second-order valence-electron chi connectivity index (χ2n) is 4.89. The first kappa shape index (κ1) is 17.9. The molecule has 8 heteroatoms. The second-order valence-corrected chi connectivity index (χ2v) is 4.89. The molecule has 0 aromatic heterocycles. The van der Waals surface area contributed by atoms with E-state index in [0.29, 0.717) is 5.75 Å². The van der Waals surface area contributed by atoms with Gasteiger partial charge >= 0.3 is 5.97 Å². The van der Waals surface area contributed by atoms with Gasteiger partial charge in [0.15, 0.2) is 6.61 Å². The molecule has 0 spiro atoms. The number of hydrogen-bond acceptors (Lipinski definition) is 6. The van der Waals surface area contributed by atoms with Crippen LogP contribution < -0.4 is 10.1 Å². The summed E-state index contributed by atoms with van der Waals surface area (Å²) in [5, 5.41) is 13.1. The van der Waals surface area contributed by atoms with E-state index in [1.54, 1.807) is 12.1 Å². The zero-order valence-corrected chi connectivity index (χ0v) is 13.2. The number of nitro benzene ring substituents is 1. The molecule has 2 aromatic carbocycles. The van der Waals surface area contributed by atoms with E-state index in [1.165, 1.54) is 24.3 Å². The van der Waals surface area contributed by atoms with Gasteiger partial charge in [-0.1, -0.05) is 18.2 Å². The third kappa shape index (κ3) is 5.94. The Morgan fingerprint density at radius 2 is 1.72 bits per heavy atom. The molecule has 25 heavy (non-hydrogen) atoms. The molecule has 1 amide bonds. The summed E-state index contributed by atoms with van der Waals surface area (Å²) in [7, 11) is 0. The third-order valence-corrected chi connectivity index (χ3v) is 3.08. The highest BCUT2D eigenvalue weighted by Crippen LogP contribution is 2.12. The van der Waals surface area contributed by atoms with Crippen LogP contribution >= 0.6 is 0 Å². The van der Waals surface area contributed by atoms with Gasteiger partial charge < -0.3 is 14.8 Å². The molecule has 0 atom stereocenters. The number of amides is 1. The molecule has 2 rings (SSSR count). The number of nitro groups is 1. The van der Waals surface area contributed by atoms with Crippen LogP contribution in [0.15, 0.2) is 54.6 Å². The van der Waals surface area contributed by atoms with Crippen LogP contribution in [-0.4, -0.2) is 36.6 Å². The van der Waals surface area contributed by atoms with Crippen LogP contribution in [-0.2, 0) is 9.53 Å². The summed E-state index contributed by atoms with van der Waals surface area (Å²) in [6.45, 7) is 0.107. The number of hydrogen-bond donors (Lipinski definition) is 1. The molecule has 0 aliphatic carbocycles. The maximum absolute atomic E-state index is 11.7. The molecule has 0 saturated carbocycles. The summed E-state index contributed by atoms with van der Waals surface area (Å²) in [6, 6.07) is 14.1. The zero-order valence-electron chi connectivity index (χ0n) is 13.2. The van der Waals surface area contributed by atoms with Crippen molar-refractivity contribution in [2.75, 3.05) is 19.8 Å². The molecule has 0 aliphatic rings. The largest absolute Gasteiger partial charge is 0.492 e. The fourth-order valence-electron chi connectivity index (χ4n) is 1.86. The fraction of sp³-hybridized carbons (Fsp3) is 0.176. The smallest absolute Gasteiger partial charge is 0.338 e. The first-order valence-electron chi connectivity index (χ1n) is 7.42. The highest BCUT2D eigenvalue weighted by Gasteiger charge is 2.12. The SMILES string of the molecule is O=C(COC(=O)c1ccc([N+](=O)[O-])cc1)NCCOc1ccccc1. The minimum Gasteiger partial charge on any atom is -0.492 e. The Kier molecular flexibility index (Phi) is 6.47. The van der Waals surface area contributed by atoms with Crippen LogP contribution in [0.5, 0.6) is 5.75 Å². The van der Waals surface area contributed by atoms with Crippen molar-refractivity contribution in [1.29, 1.82) is 0 Å². The lowest BCUT2D eigenvalue weighted by Gasteiger charge is -2.08. The number of ether oxygens (including phenoxy) is 2. The number of carbonyl (C=O) groups is 2. The summed E-state index contributed by atoms with van der Waals surface area (Å²) >= 11 is 0. The number of para-hydroxylation sites is 1. The van der Waals surface area contributed by atoms with Gasteiger partial charge in [-0.3, -0.25) is 14.9 Å². The van der Waals surface area contributed by atoms with E-state index in [0.717, 1.165) is 0 Å². The standard InChI is InChI=1S/C17H16N2O6/c20-16(18-10-11-24-15-4-2-1-3-5-15)12-25-17(21)13-6-8-14(9-7-13)19(22)23/h1-9H,10-12H2,(H,18,20). The molecule has 0 unspecified atom stereocenters. The van der Waals surface area contributed by atoms with Gasteiger partial charge in [-0.05, 0) is 24.3 Å². The van der Waals surface area contributed by atoms with Crippen LogP contribution in [0, 0.1) is 10.1 Å².